The monoisotopic (exact) mass is 256 g/mol. The average molecular weight is 256 g/mol. The van der Waals surface area contributed by atoms with E-state index in [2.05, 4.69) is 58.7 Å². The van der Waals surface area contributed by atoms with Crippen LogP contribution in [0, 0.1) is 6.92 Å². The van der Waals surface area contributed by atoms with Crippen LogP contribution in [0.2, 0.25) is 0 Å². The van der Waals surface area contributed by atoms with Gasteiger partial charge in [-0.3, -0.25) is 0 Å². The highest BCUT2D eigenvalue weighted by atomic mass is 15.1. The summed E-state index contributed by atoms with van der Waals surface area (Å²) in [7, 11) is 0. The summed E-state index contributed by atoms with van der Waals surface area (Å²) in [5, 5.41) is 6.49. The number of aromatic nitrogens is 2. The Morgan fingerprint density at radius 3 is 2.84 bits per heavy atom. The summed E-state index contributed by atoms with van der Waals surface area (Å²) in [5.74, 6) is 1.52. The summed E-state index contributed by atoms with van der Waals surface area (Å²) >= 11 is 0. The second kappa shape index (κ2) is 6.73. The van der Waals surface area contributed by atoms with E-state index in [-0.39, 0.29) is 0 Å². The molecular weight excluding hydrogens is 236 g/mol. The lowest BCUT2D eigenvalue weighted by molar-refractivity contribution is 0.950. The largest absolute Gasteiger partial charge is 0.366 e. The SMILES string of the molecule is CCCNc1nccc(NCc2cccc(C)c2)n1. The molecule has 0 spiro atoms. The molecule has 0 atom stereocenters. The summed E-state index contributed by atoms with van der Waals surface area (Å²) < 4.78 is 0. The molecule has 0 bridgehead atoms. The van der Waals surface area contributed by atoms with Crippen LogP contribution in [0.15, 0.2) is 36.5 Å². The maximum absolute atomic E-state index is 4.41. The van der Waals surface area contributed by atoms with Crippen molar-refractivity contribution in [3.05, 3.63) is 47.7 Å². The first kappa shape index (κ1) is 13.3. The van der Waals surface area contributed by atoms with Gasteiger partial charge in [0.15, 0.2) is 0 Å². The van der Waals surface area contributed by atoms with Crippen LogP contribution in [-0.2, 0) is 6.54 Å². The molecule has 0 fully saturated rings. The van der Waals surface area contributed by atoms with Crippen LogP contribution in [0.5, 0.6) is 0 Å². The lowest BCUT2D eigenvalue weighted by atomic mass is 10.1. The van der Waals surface area contributed by atoms with Gasteiger partial charge in [-0.2, -0.15) is 4.98 Å². The number of hydrogen-bond donors (Lipinski definition) is 2. The van der Waals surface area contributed by atoms with Crippen LogP contribution in [0.4, 0.5) is 11.8 Å². The van der Waals surface area contributed by atoms with Crippen LogP contribution in [0.3, 0.4) is 0 Å². The topological polar surface area (TPSA) is 49.8 Å². The highest BCUT2D eigenvalue weighted by Gasteiger charge is 1.99. The Hall–Kier alpha value is -2.10. The molecule has 4 heteroatoms. The third-order valence-electron chi connectivity index (χ3n) is 2.74. The van der Waals surface area contributed by atoms with Gasteiger partial charge < -0.3 is 10.6 Å². The molecule has 1 heterocycles. The van der Waals surface area contributed by atoms with Gasteiger partial charge in [-0.15, -0.1) is 0 Å². The van der Waals surface area contributed by atoms with Gasteiger partial charge >= 0.3 is 0 Å². The molecule has 0 amide bonds. The molecule has 0 aliphatic rings. The maximum atomic E-state index is 4.41. The second-order valence-electron chi connectivity index (χ2n) is 4.53. The van der Waals surface area contributed by atoms with Crippen LogP contribution in [-0.4, -0.2) is 16.5 Å². The average Bonchev–Trinajstić information content (AvgIpc) is 2.43. The molecule has 0 saturated carbocycles. The van der Waals surface area contributed by atoms with E-state index < -0.39 is 0 Å². The summed E-state index contributed by atoms with van der Waals surface area (Å²) in [6.45, 7) is 5.88. The molecule has 2 N–H and O–H groups in total. The molecule has 1 aromatic heterocycles. The summed E-state index contributed by atoms with van der Waals surface area (Å²) in [4.78, 5) is 8.60. The molecule has 0 saturated heterocycles. The van der Waals surface area contributed by atoms with Gasteiger partial charge in [-0.1, -0.05) is 36.8 Å². The van der Waals surface area contributed by atoms with Gasteiger partial charge in [-0.25, -0.2) is 4.98 Å². The lowest BCUT2D eigenvalue weighted by Crippen LogP contribution is -2.07. The smallest absolute Gasteiger partial charge is 0.224 e. The van der Waals surface area contributed by atoms with Crippen molar-refractivity contribution in [3.63, 3.8) is 0 Å². The molecule has 4 nitrogen and oxygen atoms in total. The number of benzene rings is 1. The van der Waals surface area contributed by atoms with Gasteiger partial charge in [0, 0.05) is 19.3 Å². The number of aryl methyl sites for hydroxylation is 1. The molecular formula is C15H20N4. The van der Waals surface area contributed by atoms with Crippen LogP contribution in [0.25, 0.3) is 0 Å². The Balaban J connectivity index is 1.95. The van der Waals surface area contributed by atoms with Gasteiger partial charge in [0.2, 0.25) is 5.95 Å². The third-order valence-corrected chi connectivity index (χ3v) is 2.74. The fraction of sp³-hybridized carbons (Fsp3) is 0.333. The minimum absolute atomic E-state index is 0.677. The van der Waals surface area contributed by atoms with E-state index in [1.54, 1.807) is 6.20 Å². The van der Waals surface area contributed by atoms with Crippen molar-refractivity contribution in [1.29, 1.82) is 0 Å². The van der Waals surface area contributed by atoms with E-state index in [0.29, 0.717) is 5.95 Å². The van der Waals surface area contributed by atoms with E-state index in [0.717, 1.165) is 25.3 Å². The first-order valence-corrected chi connectivity index (χ1v) is 6.64. The minimum atomic E-state index is 0.677. The summed E-state index contributed by atoms with van der Waals surface area (Å²) in [6.07, 6.45) is 2.83. The molecule has 0 radical (unpaired) electrons. The zero-order chi connectivity index (χ0) is 13.5. The van der Waals surface area contributed by atoms with Gasteiger partial charge in [-0.05, 0) is 25.0 Å². The van der Waals surface area contributed by atoms with Crippen LogP contribution >= 0.6 is 0 Å². The van der Waals surface area contributed by atoms with Crippen LogP contribution in [0.1, 0.15) is 24.5 Å². The van der Waals surface area contributed by atoms with E-state index >= 15 is 0 Å². The highest BCUT2D eigenvalue weighted by Crippen LogP contribution is 2.09. The molecule has 0 aliphatic carbocycles. The Bertz CT molecular complexity index is 525. The van der Waals surface area contributed by atoms with Gasteiger partial charge in [0.25, 0.3) is 0 Å². The fourth-order valence-electron chi connectivity index (χ4n) is 1.79. The highest BCUT2D eigenvalue weighted by molar-refractivity contribution is 5.40. The van der Waals surface area contributed by atoms with Crippen molar-refractivity contribution in [1.82, 2.24) is 9.97 Å². The molecule has 2 aromatic rings. The summed E-state index contributed by atoms with van der Waals surface area (Å²) in [5.41, 5.74) is 2.52. The van der Waals surface area contributed by atoms with E-state index in [9.17, 15) is 0 Å². The zero-order valence-corrected chi connectivity index (χ0v) is 11.5. The molecule has 100 valence electrons. The number of nitrogens with one attached hydrogen (secondary N) is 2. The van der Waals surface area contributed by atoms with E-state index in [1.807, 2.05) is 6.07 Å². The Kier molecular flexibility index (Phi) is 4.72. The first-order valence-electron chi connectivity index (χ1n) is 6.64. The van der Waals surface area contributed by atoms with E-state index in [4.69, 9.17) is 0 Å². The molecule has 1 aromatic carbocycles. The number of nitrogens with zero attached hydrogens (tertiary/aromatic N) is 2. The summed E-state index contributed by atoms with van der Waals surface area (Å²) in [6, 6.07) is 10.3. The predicted molar refractivity (Wildman–Crippen MR) is 79.3 cm³/mol. The second-order valence-corrected chi connectivity index (χ2v) is 4.53. The number of anilines is 2. The minimum Gasteiger partial charge on any atom is -0.366 e. The zero-order valence-electron chi connectivity index (χ0n) is 11.5. The van der Waals surface area contributed by atoms with Gasteiger partial charge in [0.05, 0.1) is 0 Å². The normalized spacial score (nSPS) is 10.2. The van der Waals surface area contributed by atoms with E-state index in [1.165, 1.54) is 11.1 Å². The Morgan fingerprint density at radius 1 is 1.16 bits per heavy atom. The number of hydrogen-bond acceptors (Lipinski definition) is 4. The standard InChI is InChI=1S/C15H20N4/c1-3-8-16-15-17-9-7-14(19-15)18-11-13-6-4-5-12(2)10-13/h4-7,9-10H,3,8,11H2,1-2H3,(H2,16,17,18,19). The van der Waals surface area contributed by atoms with Crippen molar-refractivity contribution in [3.8, 4) is 0 Å². The van der Waals surface area contributed by atoms with Crippen molar-refractivity contribution in [2.75, 3.05) is 17.2 Å². The van der Waals surface area contributed by atoms with Crippen molar-refractivity contribution < 1.29 is 0 Å². The maximum Gasteiger partial charge on any atom is 0.224 e. The van der Waals surface area contributed by atoms with Crippen LogP contribution < -0.4 is 10.6 Å². The number of rotatable bonds is 6. The molecule has 0 aliphatic heterocycles. The van der Waals surface area contributed by atoms with Crippen molar-refractivity contribution in [2.45, 2.75) is 26.8 Å². The lowest BCUT2D eigenvalue weighted by Gasteiger charge is -2.08. The quantitative estimate of drug-likeness (QED) is 0.833. The Labute approximate surface area is 114 Å². The fourth-order valence-corrected chi connectivity index (χ4v) is 1.79. The van der Waals surface area contributed by atoms with Crippen molar-refractivity contribution in [2.24, 2.45) is 0 Å². The molecule has 2 rings (SSSR count). The van der Waals surface area contributed by atoms with Gasteiger partial charge in [0.1, 0.15) is 5.82 Å². The first-order chi connectivity index (χ1) is 9.28. The van der Waals surface area contributed by atoms with Crippen molar-refractivity contribution >= 4 is 11.8 Å². The third kappa shape index (κ3) is 4.25. The predicted octanol–water partition coefficient (Wildman–Crippen LogP) is 3.22. The molecule has 19 heavy (non-hydrogen) atoms. The molecule has 0 unspecified atom stereocenters. The Morgan fingerprint density at radius 2 is 2.05 bits per heavy atom.